The van der Waals surface area contributed by atoms with E-state index >= 15 is 0 Å². The van der Waals surface area contributed by atoms with Crippen molar-refractivity contribution in [2.24, 2.45) is 0 Å². The van der Waals surface area contributed by atoms with Crippen molar-refractivity contribution in [1.29, 1.82) is 0 Å². The zero-order valence-corrected chi connectivity index (χ0v) is 16.3. The molecular formula is C23H20N2O5. The third-order valence-electron chi connectivity index (χ3n) is 5.33. The number of phenols is 1. The van der Waals surface area contributed by atoms with E-state index in [1.54, 1.807) is 23.1 Å². The summed E-state index contributed by atoms with van der Waals surface area (Å²) in [6.07, 6.45) is -0.438. The summed E-state index contributed by atoms with van der Waals surface area (Å²) in [7, 11) is 1.50. The van der Waals surface area contributed by atoms with Gasteiger partial charge in [0.15, 0.2) is 23.0 Å². The van der Waals surface area contributed by atoms with Gasteiger partial charge in [0.25, 0.3) is 5.91 Å². The third kappa shape index (κ3) is 3.04. The van der Waals surface area contributed by atoms with Crippen LogP contribution in [0.25, 0.3) is 0 Å². The average Bonchev–Trinajstić information content (AvgIpc) is 3.24. The number of nitrogens with one attached hydrogen (secondary N) is 1. The second-order valence-corrected chi connectivity index (χ2v) is 7.14. The lowest BCUT2D eigenvalue weighted by Crippen LogP contribution is -2.42. The molecule has 0 spiro atoms. The molecule has 0 aromatic heterocycles. The minimum absolute atomic E-state index is 0.0473. The Hall–Kier alpha value is -3.87. The zero-order valence-electron chi connectivity index (χ0n) is 16.3. The molecule has 0 bridgehead atoms. The van der Waals surface area contributed by atoms with Crippen molar-refractivity contribution in [2.45, 2.75) is 12.7 Å². The number of methoxy groups -OCH3 is 1. The Kier molecular flexibility index (Phi) is 4.35. The van der Waals surface area contributed by atoms with Crippen LogP contribution in [0.2, 0.25) is 0 Å². The highest BCUT2D eigenvalue weighted by Crippen LogP contribution is 2.38. The van der Waals surface area contributed by atoms with E-state index in [4.69, 9.17) is 14.2 Å². The first-order valence-electron chi connectivity index (χ1n) is 9.56. The van der Waals surface area contributed by atoms with Crippen molar-refractivity contribution in [1.82, 2.24) is 4.90 Å². The van der Waals surface area contributed by atoms with E-state index in [-0.39, 0.29) is 18.4 Å². The molecular weight excluding hydrogens is 384 g/mol. The summed E-state index contributed by atoms with van der Waals surface area (Å²) in [5.74, 6) is 1.69. The molecule has 7 heteroatoms. The first-order chi connectivity index (χ1) is 14.6. The van der Waals surface area contributed by atoms with Gasteiger partial charge in [-0.15, -0.1) is 0 Å². The molecule has 1 atom stereocenters. The van der Waals surface area contributed by atoms with Crippen molar-refractivity contribution < 1.29 is 24.1 Å². The van der Waals surface area contributed by atoms with Crippen LogP contribution in [-0.4, -0.2) is 29.8 Å². The topological polar surface area (TPSA) is 80.3 Å². The monoisotopic (exact) mass is 404 g/mol. The molecule has 2 heterocycles. The van der Waals surface area contributed by atoms with E-state index in [0.29, 0.717) is 29.4 Å². The lowest BCUT2D eigenvalue weighted by Gasteiger charge is -2.38. The molecule has 3 aromatic rings. The normalized spacial score (nSPS) is 16.8. The standard InChI is InChI=1S/C23H20N2O5/c1-28-20-11-15(7-8-18(20)26)22-24-17-5-3-2-4-16(17)23(27)25(22)12-14-6-9-19-21(10-14)30-13-29-19/h2-11,22,24,26H,12-13H2,1H3/t22-/m0/s1. The molecule has 1 amide bonds. The summed E-state index contributed by atoms with van der Waals surface area (Å²) in [5, 5.41) is 13.4. The highest BCUT2D eigenvalue weighted by molar-refractivity contribution is 6.01. The lowest BCUT2D eigenvalue weighted by atomic mass is 10.0. The molecule has 5 rings (SSSR count). The second-order valence-electron chi connectivity index (χ2n) is 7.14. The number of phenolic OH excluding ortho intramolecular Hbond substituents is 1. The number of fused-ring (bicyclic) bond motifs is 2. The summed E-state index contributed by atoms with van der Waals surface area (Å²) in [5.41, 5.74) is 3.10. The van der Waals surface area contributed by atoms with Gasteiger partial charge in [0.05, 0.1) is 12.7 Å². The molecule has 3 aromatic carbocycles. The van der Waals surface area contributed by atoms with Crippen molar-refractivity contribution in [3.05, 3.63) is 77.4 Å². The number of anilines is 1. The van der Waals surface area contributed by atoms with Crippen LogP contribution in [0.3, 0.4) is 0 Å². The largest absolute Gasteiger partial charge is 0.504 e. The predicted molar refractivity (Wildman–Crippen MR) is 110 cm³/mol. The molecule has 0 saturated heterocycles. The minimum Gasteiger partial charge on any atom is -0.504 e. The minimum atomic E-state index is -0.438. The van der Waals surface area contributed by atoms with Gasteiger partial charge in [0.1, 0.15) is 6.17 Å². The zero-order chi connectivity index (χ0) is 20.7. The van der Waals surface area contributed by atoms with Gasteiger partial charge in [-0.1, -0.05) is 24.3 Å². The van der Waals surface area contributed by atoms with Gasteiger partial charge in [-0.25, -0.2) is 0 Å². The van der Waals surface area contributed by atoms with Crippen LogP contribution in [0.1, 0.15) is 27.7 Å². The maximum Gasteiger partial charge on any atom is 0.258 e. The highest BCUT2D eigenvalue weighted by Gasteiger charge is 2.33. The molecule has 2 aliphatic heterocycles. The molecule has 30 heavy (non-hydrogen) atoms. The molecule has 0 aliphatic carbocycles. The number of carbonyl (C=O) groups is 1. The van der Waals surface area contributed by atoms with E-state index < -0.39 is 6.17 Å². The number of benzene rings is 3. The van der Waals surface area contributed by atoms with Gasteiger partial charge in [-0.3, -0.25) is 4.79 Å². The number of para-hydroxylation sites is 1. The number of hydrogen-bond donors (Lipinski definition) is 2. The van der Waals surface area contributed by atoms with Crippen LogP contribution in [-0.2, 0) is 6.54 Å². The highest BCUT2D eigenvalue weighted by atomic mass is 16.7. The maximum atomic E-state index is 13.4. The number of amides is 1. The number of aromatic hydroxyl groups is 1. The van der Waals surface area contributed by atoms with Gasteiger partial charge in [-0.2, -0.15) is 0 Å². The summed E-state index contributed by atoms with van der Waals surface area (Å²) in [6.45, 7) is 0.566. The molecule has 0 fully saturated rings. The Labute approximate surface area is 173 Å². The molecule has 2 N–H and O–H groups in total. The van der Waals surface area contributed by atoms with E-state index in [0.717, 1.165) is 16.8 Å². The fraction of sp³-hybridized carbons (Fsp3) is 0.174. The number of rotatable bonds is 4. The Morgan fingerprint density at radius 2 is 1.93 bits per heavy atom. The smallest absolute Gasteiger partial charge is 0.258 e. The van der Waals surface area contributed by atoms with Crippen LogP contribution in [0.4, 0.5) is 5.69 Å². The fourth-order valence-corrected chi connectivity index (χ4v) is 3.82. The number of nitrogens with zero attached hydrogens (tertiary/aromatic N) is 1. The van der Waals surface area contributed by atoms with Crippen LogP contribution in [0.5, 0.6) is 23.0 Å². The summed E-state index contributed by atoms with van der Waals surface area (Å²) >= 11 is 0. The second kappa shape index (κ2) is 7.18. The Balaban J connectivity index is 1.55. The first kappa shape index (κ1) is 18.2. The molecule has 7 nitrogen and oxygen atoms in total. The van der Waals surface area contributed by atoms with E-state index in [9.17, 15) is 9.90 Å². The number of carbonyl (C=O) groups excluding carboxylic acids is 1. The van der Waals surface area contributed by atoms with Crippen LogP contribution >= 0.6 is 0 Å². The third-order valence-corrected chi connectivity index (χ3v) is 5.33. The van der Waals surface area contributed by atoms with Crippen molar-refractivity contribution >= 4 is 11.6 Å². The maximum absolute atomic E-state index is 13.4. The van der Waals surface area contributed by atoms with E-state index in [2.05, 4.69) is 5.32 Å². The van der Waals surface area contributed by atoms with Gasteiger partial charge in [0, 0.05) is 12.2 Å². The van der Waals surface area contributed by atoms with Gasteiger partial charge in [0.2, 0.25) is 6.79 Å². The van der Waals surface area contributed by atoms with Gasteiger partial charge >= 0.3 is 0 Å². The Morgan fingerprint density at radius 3 is 2.80 bits per heavy atom. The average molecular weight is 404 g/mol. The predicted octanol–water partition coefficient (Wildman–Crippen LogP) is 3.90. The van der Waals surface area contributed by atoms with Gasteiger partial charge < -0.3 is 29.5 Å². The number of hydrogen-bond acceptors (Lipinski definition) is 6. The lowest BCUT2D eigenvalue weighted by molar-refractivity contribution is 0.0666. The summed E-state index contributed by atoms with van der Waals surface area (Å²) in [4.78, 5) is 15.2. The fourth-order valence-electron chi connectivity index (χ4n) is 3.82. The molecule has 2 aliphatic rings. The van der Waals surface area contributed by atoms with Crippen LogP contribution in [0, 0.1) is 0 Å². The quantitative estimate of drug-likeness (QED) is 0.687. The molecule has 0 saturated carbocycles. The SMILES string of the molecule is COc1cc([C@H]2Nc3ccccc3C(=O)N2Cc2ccc3c(c2)OCO3)ccc1O. The Bertz CT molecular complexity index is 1130. The van der Waals surface area contributed by atoms with E-state index in [1.807, 2.05) is 42.5 Å². The summed E-state index contributed by atoms with van der Waals surface area (Å²) < 4.78 is 16.1. The molecule has 0 unspecified atom stereocenters. The Morgan fingerprint density at radius 1 is 1.10 bits per heavy atom. The van der Waals surface area contributed by atoms with Crippen molar-refractivity contribution in [2.75, 3.05) is 19.2 Å². The summed E-state index contributed by atoms with van der Waals surface area (Å²) in [6, 6.07) is 18.2. The van der Waals surface area contributed by atoms with Crippen LogP contribution < -0.4 is 19.5 Å². The van der Waals surface area contributed by atoms with Gasteiger partial charge in [-0.05, 0) is 47.5 Å². The first-order valence-corrected chi connectivity index (χ1v) is 9.56. The molecule has 152 valence electrons. The van der Waals surface area contributed by atoms with Crippen LogP contribution in [0.15, 0.2) is 60.7 Å². The van der Waals surface area contributed by atoms with Crippen molar-refractivity contribution in [3.8, 4) is 23.0 Å². The molecule has 0 radical (unpaired) electrons. The number of ether oxygens (including phenoxy) is 3. The van der Waals surface area contributed by atoms with Crippen molar-refractivity contribution in [3.63, 3.8) is 0 Å². The van der Waals surface area contributed by atoms with E-state index in [1.165, 1.54) is 7.11 Å².